The molecule has 5 heteroatoms. The van der Waals surface area contributed by atoms with E-state index in [0.717, 1.165) is 34.6 Å². The molecule has 4 nitrogen and oxygen atoms in total. The van der Waals surface area contributed by atoms with Crippen molar-refractivity contribution in [3.8, 4) is 17.0 Å². The van der Waals surface area contributed by atoms with Crippen LogP contribution in [0.4, 0.5) is 0 Å². The number of nitrogens with zero attached hydrogens (tertiary/aromatic N) is 1. The Hall–Kier alpha value is -1.33. The molecule has 3 rings (SSSR count). The predicted molar refractivity (Wildman–Crippen MR) is 83.1 cm³/mol. The number of hydrogen-bond donors (Lipinski definition) is 2. The number of halogens is 1. The fraction of sp³-hybridized carbons (Fsp3) is 0.400. The molecule has 0 amide bonds. The highest BCUT2D eigenvalue weighted by molar-refractivity contribution is 9.10. The fourth-order valence-corrected chi connectivity index (χ4v) is 3.38. The van der Waals surface area contributed by atoms with E-state index >= 15 is 0 Å². The van der Waals surface area contributed by atoms with Gasteiger partial charge in [0.1, 0.15) is 11.4 Å². The van der Waals surface area contributed by atoms with Crippen LogP contribution in [-0.2, 0) is 0 Å². The monoisotopic (exact) mass is 335 g/mol. The highest BCUT2D eigenvalue weighted by atomic mass is 79.9. The van der Waals surface area contributed by atoms with Crippen LogP contribution in [-0.4, -0.2) is 30.4 Å². The summed E-state index contributed by atoms with van der Waals surface area (Å²) in [5.41, 5.74) is 3.25. The van der Waals surface area contributed by atoms with Crippen molar-refractivity contribution in [3.63, 3.8) is 0 Å². The predicted octanol–water partition coefficient (Wildman–Crippen LogP) is 3.31. The first-order chi connectivity index (χ1) is 9.79. The summed E-state index contributed by atoms with van der Waals surface area (Å²) in [7, 11) is 1.67. The molecule has 2 heterocycles. The first kappa shape index (κ1) is 13.6. The normalized spacial score (nSPS) is 19.0. The third-order valence-corrected chi connectivity index (χ3v) is 4.60. The van der Waals surface area contributed by atoms with Crippen molar-refractivity contribution in [2.75, 3.05) is 20.2 Å². The number of piperidine rings is 1. The van der Waals surface area contributed by atoms with Crippen molar-refractivity contribution >= 4 is 15.9 Å². The van der Waals surface area contributed by atoms with E-state index in [-0.39, 0.29) is 0 Å². The molecule has 1 saturated heterocycles. The Bertz CT molecular complexity index is 573. The summed E-state index contributed by atoms with van der Waals surface area (Å²) in [5, 5.41) is 11.1. The van der Waals surface area contributed by atoms with Crippen molar-refractivity contribution in [1.29, 1.82) is 0 Å². The van der Waals surface area contributed by atoms with Crippen molar-refractivity contribution in [1.82, 2.24) is 15.5 Å². The number of benzene rings is 1. The number of nitrogens with one attached hydrogen (secondary N) is 2. The lowest BCUT2D eigenvalue weighted by Crippen LogP contribution is -2.28. The van der Waals surface area contributed by atoms with Gasteiger partial charge in [0.2, 0.25) is 0 Å². The lowest BCUT2D eigenvalue weighted by atomic mass is 9.96. The summed E-state index contributed by atoms with van der Waals surface area (Å²) in [6.45, 7) is 2.14. The number of ether oxygens (including phenoxy) is 1. The summed E-state index contributed by atoms with van der Waals surface area (Å²) >= 11 is 3.71. The third kappa shape index (κ3) is 2.60. The zero-order valence-electron chi connectivity index (χ0n) is 11.4. The second kappa shape index (κ2) is 5.97. The average molecular weight is 336 g/mol. The molecule has 1 aromatic carbocycles. The summed E-state index contributed by atoms with van der Waals surface area (Å²) in [6.07, 6.45) is 2.42. The number of hydrogen-bond acceptors (Lipinski definition) is 3. The van der Waals surface area contributed by atoms with Crippen molar-refractivity contribution in [2.24, 2.45) is 0 Å². The van der Waals surface area contributed by atoms with Crippen LogP contribution in [0.3, 0.4) is 0 Å². The van der Waals surface area contributed by atoms with E-state index in [1.165, 1.54) is 18.5 Å². The Morgan fingerprint density at radius 3 is 2.75 bits per heavy atom. The van der Waals surface area contributed by atoms with Crippen LogP contribution >= 0.6 is 15.9 Å². The van der Waals surface area contributed by atoms with Crippen LogP contribution in [0.2, 0.25) is 0 Å². The van der Waals surface area contributed by atoms with E-state index in [0.29, 0.717) is 5.92 Å². The minimum absolute atomic E-state index is 0.512. The van der Waals surface area contributed by atoms with Crippen LogP contribution in [0, 0.1) is 0 Å². The van der Waals surface area contributed by atoms with Crippen LogP contribution < -0.4 is 10.1 Å². The summed E-state index contributed by atoms with van der Waals surface area (Å²) in [4.78, 5) is 0. The summed E-state index contributed by atoms with van der Waals surface area (Å²) in [6, 6.07) is 7.97. The van der Waals surface area contributed by atoms with E-state index in [9.17, 15) is 0 Å². The van der Waals surface area contributed by atoms with Gasteiger partial charge < -0.3 is 10.1 Å². The molecule has 0 saturated carbocycles. The van der Waals surface area contributed by atoms with Crippen LogP contribution in [0.25, 0.3) is 11.3 Å². The van der Waals surface area contributed by atoms with Gasteiger partial charge in [-0.1, -0.05) is 0 Å². The second-order valence-electron chi connectivity index (χ2n) is 5.07. The smallest absolute Gasteiger partial charge is 0.118 e. The third-order valence-electron chi connectivity index (χ3n) is 3.80. The van der Waals surface area contributed by atoms with Gasteiger partial charge in [0.05, 0.1) is 17.3 Å². The van der Waals surface area contributed by atoms with E-state index < -0.39 is 0 Å². The number of aromatic amines is 1. The van der Waals surface area contributed by atoms with E-state index in [1.54, 1.807) is 7.11 Å². The Morgan fingerprint density at radius 2 is 2.10 bits per heavy atom. The lowest BCUT2D eigenvalue weighted by Gasteiger charge is -2.21. The Labute approximate surface area is 127 Å². The highest BCUT2D eigenvalue weighted by Crippen LogP contribution is 2.35. The van der Waals surface area contributed by atoms with Gasteiger partial charge >= 0.3 is 0 Å². The van der Waals surface area contributed by atoms with Crippen molar-refractivity contribution < 1.29 is 4.74 Å². The maximum atomic E-state index is 5.19. The molecule has 2 aromatic rings. The molecule has 0 aliphatic carbocycles. The molecule has 1 aromatic heterocycles. The molecule has 1 aliphatic heterocycles. The van der Waals surface area contributed by atoms with Gasteiger partial charge in [-0.15, -0.1) is 0 Å². The zero-order valence-corrected chi connectivity index (χ0v) is 13.0. The standard InChI is InChI=1S/C15H18BrN3O/c1-20-12-6-4-10(5-7-12)14-13(16)15(19-18-14)11-3-2-8-17-9-11/h4-7,11,17H,2-3,8-9H2,1H3,(H,18,19). The average Bonchev–Trinajstić information content (AvgIpc) is 2.90. The highest BCUT2D eigenvalue weighted by Gasteiger charge is 2.22. The van der Waals surface area contributed by atoms with Crippen LogP contribution in [0.15, 0.2) is 28.7 Å². The molecule has 106 valence electrons. The molecule has 0 radical (unpaired) electrons. The van der Waals surface area contributed by atoms with Crippen LogP contribution in [0.1, 0.15) is 24.5 Å². The lowest BCUT2D eigenvalue weighted by molar-refractivity contribution is 0.415. The fourth-order valence-electron chi connectivity index (χ4n) is 2.65. The number of H-pyrrole nitrogens is 1. The van der Waals surface area contributed by atoms with E-state index in [4.69, 9.17) is 4.74 Å². The molecule has 1 atom stereocenters. The maximum absolute atomic E-state index is 5.19. The molecule has 2 N–H and O–H groups in total. The Balaban J connectivity index is 1.88. The van der Waals surface area contributed by atoms with Gasteiger partial charge in [0.15, 0.2) is 0 Å². The molecule has 20 heavy (non-hydrogen) atoms. The first-order valence-electron chi connectivity index (χ1n) is 6.88. The van der Waals surface area contributed by atoms with Gasteiger partial charge in [-0.25, -0.2) is 0 Å². The van der Waals surface area contributed by atoms with E-state index in [1.807, 2.05) is 24.3 Å². The van der Waals surface area contributed by atoms with Crippen molar-refractivity contribution in [3.05, 3.63) is 34.4 Å². The number of rotatable bonds is 3. The Kier molecular flexibility index (Phi) is 4.08. The molecular weight excluding hydrogens is 318 g/mol. The van der Waals surface area contributed by atoms with Gasteiger partial charge in [0.25, 0.3) is 0 Å². The molecule has 1 aliphatic rings. The SMILES string of the molecule is COc1ccc(-c2n[nH]c(C3CCCNC3)c2Br)cc1. The molecule has 1 fully saturated rings. The summed E-state index contributed by atoms with van der Waals surface area (Å²) in [5.74, 6) is 1.37. The first-order valence-corrected chi connectivity index (χ1v) is 7.68. The topological polar surface area (TPSA) is 49.9 Å². The summed E-state index contributed by atoms with van der Waals surface area (Å²) < 4.78 is 6.27. The minimum atomic E-state index is 0.512. The largest absolute Gasteiger partial charge is 0.497 e. The van der Waals surface area contributed by atoms with Gasteiger partial charge in [0, 0.05) is 18.0 Å². The quantitative estimate of drug-likeness (QED) is 0.904. The molecule has 1 unspecified atom stereocenters. The minimum Gasteiger partial charge on any atom is -0.497 e. The van der Waals surface area contributed by atoms with Gasteiger partial charge in [-0.05, 0) is 59.6 Å². The number of methoxy groups -OCH3 is 1. The molecule has 0 spiro atoms. The maximum Gasteiger partial charge on any atom is 0.118 e. The Morgan fingerprint density at radius 1 is 1.30 bits per heavy atom. The van der Waals surface area contributed by atoms with E-state index in [2.05, 4.69) is 31.4 Å². The van der Waals surface area contributed by atoms with Crippen LogP contribution in [0.5, 0.6) is 5.75 Å². The van der Waals surface area contributed by atoms with Gasteiger partial charge in [-0.2, -0.15) is 5.10 Å². The molecule has 0 bridgehead atoms. The van der Waals surface area contributed by atoms with Gasteiger partial charge in [-0.3, -0.25) is 5.10 Å². The zero-order chi connectivity index (χ0) is 13.9. The second-order valence-corrected chi connectivity index (χ2v) is 5.86. The number of aromatic nitrogens is 2. The van der Waals surface area contributed by atoms with Crippen molar-refractivity contribution in [2.45, 2.75) is 18.8 Å². The molecular formula is C15H18BrN3O.